The molecular formula is C15H15N5O2. The van der Waals surface area contributed by atoms with E-state index in [-0.39, 0.29) is 16.6 Å². The number of pyridine rings is 2. The Labute approximate surface area is 125 Å². The van der Waals surface area contributed by atoms with Crippen molar-refractivity contribution in [3.8, 4) is 0 Å². The lowest BCUT2D eigenvalue weighted by molar-refractivity contribution is 0.0960. The highest BCUT2D eigenvalue weighted by atomic mass is 16.1. The lowest BCUT2D eigenvalue weighted by Crippen LogP contribution is -2.33. The van der Waals surface area contributed by atoms with Crippen LogP contribution in [0.15, 0.2) is 35.3 Å². The van der Waals surface area contributed by atoms with Crippen LogP contribution in [0.3, 0.4) is 0 Å². The summed E-state index contributed by atoms with van der Waals surface area (Å²) in [5, 5.41) is 11.0. The Bertz CT molecular complexity index is 1020. The molecule has 7 heteroatoms. The Morgan fingerprint density at radius 2 is 2.18 bits per heavy atom. The first-order chi connectivity index (χ1) is 10.6. The number of carbonyl (C=O) groups is 1. The van der Waals surface area contributed by atoms with Crippen LogP contribution in [0.4, 0.5) is 0 Å². The minimum atomic E-state index is -0.397. The number of nitrogens with one attached hydrogen (secondary N) is 2. The second-order valence-electron chi connectivity index (χ2n) is 4.81. The highest BCUT2D eigenvalue weighted by molar-refractivity contribution is 5.96. The van der Waals surface area contributed by atoms with Crippen LogP contribution in [0.2, 0.25) is 0 Å². The van der Waals surface area contributed by atoms with Crippen molar-refractivity contribution >= 4 is 22.6 Å². The normalized spacial score (nSPS) is 11.0. The molecule has 2 N–H and O–H groups in total. The molecule has 0 atom stereocenters. The first-order valence-corrected chi connectivity index (χ1v) is 6.90. The third kappa shape index (κ3) is 1.90. The largest absolute Gasteiger partial charge is 0.355 e. The Morgan fingerprint density at radius 3 is 2.86 bits per heavy atom. The molecule has 3 aromatic rings. The summed E-state index contributed by atoms with van der Waals surface area (Å²) >= 11 is 0. The van der Waals surface area contributed by atoms with Crippen LogP contribution in [0.25, 0.3) is 16.7 Å². The van der Waals surface area contributed by atoms with Crippen LogP contribution in [0, 0.1) is 5.41 Å². The minimum Gasteiger partial charge on any atom is -0.355 e. The zero-order chi connectivity index (χ0) is 15.9. The molecule has 0 saturated heterocycles. The van der Waals surface area contributed by atoms with Crippen molar-refractivity contribution in [3.05, 3.63) is 51.9 Å². The van der Waals surface area contributed by atoms with Gasteiger partial charge in [0.2, 0.25) is 0 Å². The summed E-state index contributed by atoms with van der Waals surface area (Å²) in [5.74, 6) is -0.397. The molecule has 3 heterocycles. The van der Waals surface area contributed by atoms with Crippen LogP contribution in [0.5, 0.6) is 0 Å². The van der Waals surface area contributed by atoms with Gasteiger partial charge in [-0.3, -0.25) is 19.4 Å². The molecule has 112 valence electrons. The zero-order valence-corrected chi connectivity index (χ0v) is 12.3. The van der Waals surface area contributed by atoms with E-state index in [0.29, 0.717) is 23.2 Å². The molecule has 0 spiro atoms. The molecule has 0 aliphatic heterocycles. The summed E-state index contributed by atoms with van der Waals surface area (Å²) in [4.78, 5) is 29.1. The molecule has 0 fully saturated rings. The van der Waals surface area contributed by atoms with Crippen molar-refractivity contribution in [2.45, 2.75) is 13.5 Å². The third-order valence-corrected chi connectivity index (χ3v) is 3.61. The van der Waals surface area contributed by atoms with E-state index in [4.69, 9.17) is 5.41 Å². The average molecular weight is 297 g/mol. The molecule has 0 bridgehead atoms. The SMILES string of the molecule is CCn1c(=N)c(C(=O)NC)cc2c(=O)n3ccccc3nc21. The summed E-state index contributed by atoms with van der Waals surface area (Å²) in [6.07, 6.45) is 1.63. The second kappa shape index (κ2) is 5.10. The molecule has 7 nitrogen and oxygen atoms in total. The highest BCUT2D eigenvalue weighted by Gasteiger charge is 2.15. The van der Waals surface area contributed by atoms with Crippen molar-refractivity contribution in [1.29, 1.82) is 5.41 Å². The number of carbonyl (C=O) groups excluding carboxylic acids is 1. The van der Waals surface area contributed by atoms with E-state index < -0.39 is 5.91 Å². The summed E-state index contributed by atoms with van der Waals surface area (Å²) < 4.78 is 2.99. The average Bonchev–Trinajstić information content (AvgIpc) is 2.54. The predicted molar refractivity (Wildman–Crippen MR) is 81.9 cm³/mol. The van der Waals surface area contributed by atoms with Gasteiger partial charge in [-0.25, -0.2) is 4.98 Å². The first kappa shape index (κ1) is 14.0. The van der Waals surface area contributed by atoms with E-state index >= 15 is 0 Å². The fraction of sp³-hybridized carbons (Fsp3) is 0.200. The van der Waals surface area contributed by atoms with Gasteiger partial charge in [0.05, 0.1) is 10.9 Å². The number of hydrogen-bond acceptors (Lipinski definition) is 4. The Morgan fingerprint density at radius 1 is 1.41 bits per heavy atom. The van der Waals surface area contributed by atoms with Crippen LogP contribution in [0.1, 0.15) is 17.3 Å². The van der Waals surface area contributed by atoms with Gasteiger partial charge in [-0.05, 0) is 25.1 Å². The summed E-state index contributed by atoms with van der Waals surface area (Å²) in [6.45, 7) is 2.29. The number of fused-ring (bicyclic) bond motifs is 2. The Hall–Kier alpha value is -2.96. The van der Waals surface area contributed by atoms with Crippen LogP contribution < -0.4 is 16.4 Å². The maximum atomic E-state index is 12.6. The van der Waals surface area contributed by atoms with E-state index in [2.05, 4.69) is 10.3 Å². The summed E-state index contributed by atoms with van der Waals surface area (Å²) in [7, 11) is 1.49. The zero-order valence-electron chi connectivity index (χ0n) is 12.3. The van der Waals surface area contributed by atoms with E-state index in [9.17, 15) is 9.59 Å². The molecule has 0 radical (unpaired) electrons. The molecule has 3 rings (SSSR count). The summed E-state index contributed by atoms with van der Waals surface area (Å²) in [6, 6.07) is 6.72. The molecule has 0 aromatic carbocycles. The number of amides is 1. The smallest absolute Gasteiger partial charge is 0.267 e. The maximum Gasteiger partial charge on any atom is 0.267 e. The van der Waals surface area contributed by atoms with Gasteiger partial charge in [-0.2, -0.15) is 0 Å². The summed E-state index contributed by atoms with van der Waals surface area (Å²) in [5.41, 5.74) is 0.867. The molecule has 3 aromatic heterocycles. The van der Waals surface area contributed by atoms with Crippen molar-refractivity contribution < 1.29 is 4.79 Å². The van der Waals surface area contributed by atoms with Crippen molar-refractivity contribution in [1.82, 2.24) is 19.3 Å². The van der Waals surface area contributed by atoms with Crippen LogP contribution in [-0.4, -0.2) is 26.9 Å². The lowest BCUT2D eigenvalue weighted by atomic mass is 10.2. The number of nitrogens with zero attached hydrogens (tertiary/aromatic N) is 3. The topological polar surface area (TPSA) is 92.2 Å². The number of aromatic nitrogens is 3. The first-order valence-electron chi connectivity index (χ1n) is 6.90. The molecule has 1 amide bonds. The predicted octanol–water partition coefficient (Wildman–Crippen LogP) is 0.508. The van der Waals surface area contributed by atoms with Gasteiger partial charge in [0.1, 0.15) is 16.8 Å². The van der Waals surface area contributed by atoms with Crippen LogP contribution >= 0.6 is 0 Å². The van der Waals surface area contributed by atoms with Gasteiger partial charge < -0.3 is 9.88 Å². The van der Waals surface area contributed by atoms with Gasteiger partial charge in [0.15, 0.2) is 0 Å². The maximum absolute atomic E-state index is 12.6. The van der Waals surface area contributed by atoms with E-state index in [1.54, 1.807) is 29.0 Å². The molecule has 22 heavy (non-hydrogen) atoms. The molecule has 0 aliphatic carbocycles. The van der Waals surface area contributed by atoms with Crippen molar-refractivity contribution in [2.24, 2.45) is 0 Å². The lowest BCUT2D eigenvalue weighted by Gasteiger charge is -2.12. The quantitative estimate of drug-likeness (QED) is 0.675. The van der Waals surface area contributed by atoms with Crippen LogP contribution in [-0.2, 0) is 6.54 Å². The van der Waals surface area contributed by atoms with Crippen molar-refractivity contribution in [2.75, 3.05) is 7.05 Å². The number of hydrogen-bond donors (Lipinski definition) is 2. The molecule has 0 aliphatic rings. The number of rotatable bonds is 2. The van der Waals surface area contributed by atoms with Gasteiger partial charge in [0, 0.05) is 19.8 Å². The van der Waals surface area contributed by atoms with E-state index in [1.165, 1.54) is 17.5 Å². The Kier molecular flexibility index (Phi) is 3.25. The molecular weight excluding hydrogens is 282 g/mol. The standard InChI is InChI=1S/C15H15N5O2/c1-3-19-12(16)9(14(21)17-2)8-10-13(19)18-11-6-4-5-7-20(11)15(10)22/h4-8,16H,3H2,1-2H3,(H,17,21). The highest BCUT2D eigenvalue weighted by Crippen LogP contribution is 2.10. The fourth-order valence-electron chi connectivity index (χ4n) is 2.50. The van der Waals surface area contributed by atoms with E-state index in [1.807, 2.05) is 6.92 Å². The fourth-order valence-corrected chi connectivity index (χ4v) is 2.50. The molecule has 0 saturated carbocycles. The molecule has 0 unspecified atom stereocenters. The number of aryl methyl sites for hydroxylation is 1. The van der Waals surface area contributed by atoms with Gasteiger partial charge in [-0.1, -0.05) is 6.07 Å². The van der Waals surface area contributed by atoms with Gasteiger partial charge >= 0.3 is 0 Å². The van der Waals surface area contributed by atoms with Gasteiger partial charge in [-0.15, -0.1) is 0 Å². The third-order valence-electron chi connectivity index (χ3n) is 3.61. The van der Waals surface area contributed by atoms with E-state index in [0.717, 1.165) is 0 Å². The minimum absolute atomic E-state index is 0.0431. The van der Waals surface area contributed by atoms with Crippen molar-refractivity contribution in [3.63, 3.8) is 0 Å². The second-order valence-corrected chi connectivity index (χ2v) is 4.81. The van der Waals surface area contributed by atoms with Gasteiger partial charge in [0.25, 0.3) is 11.5 Å². The Balaban J connectivity index is 2.57. The monoisotopic (exact) mass is 297 g/mol.